The van der Waals surface area contributed by atoms with Crippen molar-refractivity contribution < 1.29 is 9.85 Å². The van der Waals surface area contributed by atoms with Gasteiger partial charge >= 0.3 is 0 Å². The summed E-state index contributed by atoms with van der Waals surface area (Å²) in [6, 6.07) is -0.729. The van der Waals surface area contributed by atoms with Gasteiger partial charge in [0.25, 0.3) is 0 Å². The third kappa shape index (κ3) is 3.84. The van der Waals surface area contributed by atoms with Crippen LogP contribution in [0.15, 0.2) is 0 Å². The highest BCUT2D eigenvalue weighted by molar-refractivity contribution is 8.00. The Hall–Kier alpha value is -0.850. The highest BCUT2D eigenvalue weighted by atomic mass is 32.2. The highest BCUT2D eigenvalue weighted by Gasteiger charge is 2.37. The lowest BCUT2D eigenvalue weighted by Gasteiger charge is -2.32. The van der Waals surface area contributed by atoms with Gasteiger partial charge < -0.3 is 0 Å². The summed E-state index contributed by atoms with van der Waals surface area (Å²) in [7, 11) is 0. The number of hydrogen-bond acceptors (Lipinski definition) is 5. The predicted octanol–water partition coefficient (Wildman–Crippen LogP) is 3.14. The monoisotopic (exact) mass is 302 g/mol. The van der Waals surface area contributed by atoms with E-state index in [1.807, 2.05) is 18.7 Å². The molecule has 0 saturated heterocycles. The van der Waals surface area contributed by atoms with Gasteiger partial charge in [-0.2, -0.15) is 11.8 Å². The Bertz CT molecular complexity index is 371. The fourth-order valence-corrected chi connectivity index (χ4v) is 5.21. The number of hydrogen-bond donors (Lipinski definition) is 0. The molecule has 0 aromatic heterocycles. The smallest absolute Gasteiger partial charge is 0.215 e. The molecule has 0 aromatic carbocycles. The summed E-state index contributed by atoms with van der Waals surface area (Å²) in [4.78, 5) is 21.3. The molecular weight excluding hydrogens is 280 g/mol. The molecule has 2 saturated carbocycles. The van der Waals surface area contributed by atoms with E-state index in [0.717, 1.165) is 25.7 Å². The van der Waals surface area contributed by atoms with Gasteiger partial charge in [-0.05, 0) is 25.7 Å². The van der Waals surface area contributed by atoms with Gasteiger partial charge in [0, 0.05) is 45.5 Å². The van der Waals surface area contributed by atoms with Crippen molar-refractivity contribution in [3.63, 3.8) is 0 Å². The van der Waals surface area contributed by atoms with Crippen molar-refractivity contribution in [2.45, 2.75) is 74.5 Å². The molecule has 2 aliphatic carbocycles. The largest absolute Gasteiger partial charge is 0.264 e. The van der Waals surface area contributed by atoms with E-state index in [2.05, 4.69) is 0 Å². The van der Waals surface area contributed by atoms with Gasteiger partial charge in [-0.25, -0.2) is 0 Å². The van der Waals surface area contributed by atoms with Gasteiger partial charge in [0.1, 0.15) is 0 Å². The molecule has 0 bridgehead atoms. The van der Waals surface area contributed by atoms with Crippen LogP contribution in [-0.2, 0) is 0 Å². The first-order valence-corrected chi connectivity index (χ1v) is 8.34. The Morgan fingerprint density at radius 2 is 1.50 bits per heavy atom. The quantitative estimate of drug-likeness (QED) is 0.588. The molecule has 3 atom stereocenters. The Kier molecular flexibility index (Phi) is 5.23. The van der Waals surface area contributed by atoms with Crippen LogP contribution in [0.4, 0.5) is 0 Å². The molecule has 6 nitrogen and oxygen atoms in total. The van der Waals surface area contributed by atoms with Crippen molar-refractivity contribution in [3.8, 4) is 0 Å². The Balaban J connectivity index is 1.76. The minimum atomic E-state index is -0.378. The molecule has 2 aliphatic rings. The average molecular weight is 302 g/mol. The van der Waals surface area contributed by atoms with E-state index in [9.17, 15) is 20.2 Å². The Morgan fingerprint density at radius 3 is 2.00 bits per heavy atom. The van der Waals surface area contributed by atoms with Gasteiger partial charge in [0.2, 0.25) is 12.1 Å². The topological polar surface area (TPSA) is 86.3 Å². The van der Waals surface area contributed by atoms with E-state index in [4.69, 9.17) is 0 Å². The van der Waals surface area contributed by atoms with Crippen molar-refractivity contribution in [1.29, 1.82) is 0 Å². The second kappa shape index (κ2) is 6.74. The molecule has 0 amide bonds. The zero-order valence-electron chi connectivity index (χ0n) is 11.8. The normalized spacial score (nSPS) is 38.4. The first-order chi connectivity index (χ1) is 9.47. The molecule has 3 unspecified atom stereocenters. The van der Waals surface area contributed by atoms with Crippen LogP contribution in [-0.4, -0.2) is 32.4 Å². The third-order valence-electron chi connectivity index (χ3n) is 4.67. The lowest BCUT2D eigenvalue weighted by Crippen LogP contribution is -2.35. The summed E-state index contributed by atoms with van der Waals surface area (Å²) < 4.78 is 0. The molecule has 0 aliphatic heterocycles. The second-order valence-corrected chi connectivity index (χ2v) is 7.72. The van der Waals surface area contributed by atoms with Crippen LogP contribution >= 0.6 is 11.8 Å². The first kappa shape index (κ1) is 15.5. The molecule has 0 spiro atoms. The summed E-state index contributed by atoms with van der Waals surface area (Å²) in [6.07, 6.45) is 5.70. The molecule has 2 fully saturated rings. The summed E-state index contributed by atoms with van der Waals surface area (Å²) in [6.45, 7) is 1.98. The average Bonchev–Trinajstić information content (AvgIpc) is 2.39. The van der Waals surface area contributed by atoms with Crippen molar-refractivity contribution in [1.82, 2.24) is 0 Å². The molecule has 7 heteroatoms. The van der Waals surface area contributed by atoms with E-state index in [-0.39, 0.29) is 27.8 Å². The SMILES string of the molecule is CC1CC(SC2CCC([N+](=O)[O-])CC2)CCC1[N+](=O)[O-]. The lowest BCUT2D eigenvalue weighted by atomic mass is 9.86. The number of rotatable bonds is 4. The predicted molar refractivity (Wildman–Crippen MR) is 78.2 cm³/mol. The van der Waals surface area contributed by atoms with Gasteiger partial charge in [-0.15, -0.1) is 0 Å². The maximum Gasteiger partial charge on any atom is 0.215 e. The molecule has 0 N–H and O–H groups in total. The zero-order chi connectivity index (χ0) is 14.7. The standard InChI is InChI=1S/C13H22N2O4S/c1-9-8-12(6-7-13(9)15(18)19)20-11-4-2-10(3-5-11)14(16)17/h9-13H,2-8H2,1H3. The van der Waals surface area contributed by atoms with E-state index in [1.165, 1.54) is 0 Å². The van der Waals surface area contributed by atoms with E-state index < -0.39 is 0 Å². The number of thioether (sulfide) groups is 1. The Morgan fingerprint density at radius 1 is 0.900 bits per heavy atom. The van der Waals surface area contributed by atoms with Gasteiger partial charge in [0.05, 0.1) is 0 Å². The first-order valence-electron chi connectivity index (χ1n) is 7.39. The minimum absolute atomic E-state index is 0.131. The fourth-order valence-electron chi connectivity index (χ4n) is 3.43. The van der Waals surface area contributed by atoms with Gasteiger partial charge in [-0.3, -0.25) is 20.2 Å². The van der Waals surface area contributed by atoms with Crippen LogP contribution in [0.5, 0.6) is 0 Å². The summed E-state index contributed by atoms with van der Waals surface area (Å²) in [5, 5.41) is 22.6. The van der Waals surface area contributed by atoms with Crippen LogP contribution in [0.1, 0.15) is 51.9 Å². The van der Waals surface area contributed by atoms with Crippen molar-refractivity contribution in [2.24, 2.45) is 5.92 Å². The van der Waals surface area contributed by atoms with Crippen LogP contribution < -0.4 is 0 Å². The molecule has 0 radical (unpaired) electrons. The second-order valence-electron chi connectivity index (χ2n) is 6.12. The van der Waals surface area contributed by atoms with Crippen molar-refractivity contribution in [3.05, 3.63) is 20.2 Å². The molecule has 20 heavy (non-hydrogen) atoms. The summed E-state index contributed by atoms with van der Waals surface area (Å²) >= 11 is 1.93. The molecule has 2 rings (SSSR count). The maximum atomic E-state index is 10.9. The molecule has 114 valence electrons. The third-order valence-corrected chi connectivity index (χ3v) is 6.34. The number of nitrogens with zero attached hydrogens (tertiary/aromatic N) is 2. The van der Waals surface area contributed by atoms with Crippen LogP contribution in [0, 0.1) is 26.1 Å². The number of nitro groups is 2. The fraction of sp³-hybridized carbons (Fsp3) is 1.00. The van der Waals surface area contributed by atoms with Crippen molar-refractivity contribution in [2.75, 3.05) is 0 Å². The van der Waals surface area contributed by atoms with E-state index >= 15 is 0 Å². The van der Waals surface area contributed by atoms with Crippen LogP contribution in [0.2, 0.25) is 0 Å². The minimum Gasteiger partial charge on any atom is -0.264 e. The van der Waals surface area contributed by atoms with E-state index in [0.29, 0.717) is 29.8 Å². The summed E-state index contributed by atoms with van der Waals surface area (Å²) in [5.41, 5.74) is 0. The van der Waals surface area contributed by atoms with Gasteiger partial charge in [-0.1, -0.05) is 6.92 Å². The lowest BCUT2D eigenvalue weighted by molar-refractivity contribution is -0.534. The van der Waals surface area contributed by atoms with Gasteiger partial charge in [0.15, 0.2) is 0 Å². The maximum absolute atomic E-state index is 10.9. The van der Waals surface area contributed by atoms with Crippen molar-refractivity contribution >= 4 is 11.8 Å². The summed E-state index contributed by atoms with van der Waals surface area (Å²) in [5.74, 6) is 0.145. The molecular formula is C13H22N2O4S. The van der Waals surface area contributed by atoms with Crippen LogP contribution in [0.25, 0.3) is 0 Å². The molecule has 0 heterocycles. The Labute approximate surface area is 123 Å². The zero-order valence-corrected chi connectivity index (χ0v) is 12.6. The molecule has 0 aromatic rings. The van der Waals surface area contributed by atoms with Crippen LogP contribution in [0.3, 0.4) is 0 Å². The highest BCUT2D eigenvalue weighted by Crippen LogP contribution is 2.39. The van der Waals surface area contributed by atoms with E-state index in [1.54, 1.807) is 0 Å².